The molecule has 0 aromatic carbocycles. The van der Waals surface area contributed by atoms with E-state index < -0.39 is 29.6 Å². The fourth-order valence-corrected chi connectivity index (χ4v) is 1.68. The first-order chi connectivity index (χ1) is 9.11. The molecule has 112 valence electrons. The molecule has 0 saturated carbocycles. The fourth-order valence-electron chi connectivity index (χ4n) is 1.68. The van der Waals surface area contributed by atoms with Crippen LogP contribution in [0.1, 0.15) is 41.0 Å². The molecule has 0 fully saturated rings. The topological polar surface area (TPSA) is 72.9 Å². The Hall–Kier alpha value is -1.85. The molecule has 1 aliphatic heterocycles. The van der Waals surface area contributed by atoms with Gasteiger partial charge in [-0.3, -0.25) is 4.79 Å². The number of carbonyl (C=O) groups excluding carboxylic acids is 3. The predicted octanol–water partition coefficient (Wildman–Crippen LogP) is 2.03. The molecule has 0 saturated heterocycles. The monoisotopic (exact) mass is 283 g/mol. The minimum atomic E-state index is -0.968. The average molecular weight is 283 g/mol. The van der Waals surface area contributed by atoms with E-state index in [9.17, 15) is 14.4 Å². The number of amides is 2. The highest BCUT2D eigenvalue weighted by molar-refractivity contribution is 6.03. The van der Waals surface area contributed by atoms with E-state index in [1.165, 1.54) is 6.08 Å². The van der Waals surface area contributed by atoms with Gasteiger partial charge in [0.1, 0.15) is 11.6 Å². The lowest BCUT2D eigenvalue weighted by atomic mass is 10.1. The third-order valence-corrected chi connectivity index (χ3v) is 2.38. The summed E-state index contributed by atoms with van der Waals surface area (Å²) in [6.07, 6.45) is 1.89. The molecule has 0 aliphatic carbocycles. The smallest absolute Gasteiger partial charge is 0.418 e. The summed E-state index contributed by atoms with van der Waals surface area (Å²) in [5.74, 6) is -1.18. The van der Waals surface area contributed by atoms with Crippen LogP contribution in [0.5, 0.6) is 0 Å². The largest absolute Gasteiger partial charge is 0.461 e. The van der Waals surface area contributed by atoms with Crippen LogP contribution in [-0.2, 0) is 19.1 Å². The summed E-state index contributed by atoms with van der Waals surface area (Å²) < 4.78 is 10.2. The minimum Gasteiger partial charge on any atom is -0.461 e. The molecule has 1 heterocycles. The molecule has 1 rings (SSSR count). The minimum absolute atomic E-state index is 0.233. The molecule has 20 heavy (non-hydrogen) atoms. The summed E-state index contributed by atoms with van der Waals surface area (Å²) in [5, 5.41) is 0. The van der Waals surface area contributed by atoms with E-state index in [-0.39, 0.29) is 12.5 Å². The number of nitrogens with zero attached hydrogens (tertiary/aromatic N) is 1. The Morgan fingerprint density at radius 3 is 2.45 bits per heavy atom. The normalized spacial score (nSPS) is 19.2. The van der Waals surface area contributed by atoms with Crippen LogP contribution >= 0.6 is 0 Å². The zero-order valence-electron chi connectivity index (χ0n) is 12.5. The first-order valence-electron chi connectivity index (χ1n) is 6.55. The van der Waals surface area contributed by atoms with Crippen molar-refractivity contribution in [3.8, 4) is 0 Å². The van der Waals surface area contributed by atoms with E-state index in [1.54, 1.807) is 40.7 Å². The van der Waals surface area contributed by atoms with E-state index in [0.29, 0.717) is 0 Å². The predicted molar refractivity (Wildman–Crippen MR) is 71.9 cm³/mol. The molecule has 0 aromatic heterocycles. The van der Waals surface area contributed by atoms with Crippen molar-refractivity contribution < 1.29 is 23.9 Å². The molecule has 0 aromatic rings. The second kappa shape index (κ2) is 6.07. The lowest BCUT2D eigenvalue weighted by Gasteiger charge is -2.31. The van der Waals surface area contributed by atoms with E-state index in [4.69, 9.17) is 9.47 Å². The Morgan fingerprint density at radius 2 is 1.95 bits per heavy atom. The molecular formula is C14H21NO5. The average Bonchev–Trinajstić information content (AvgIpc) is 2.24. The Labute approximate surface area is 118 Å². The van der Waals surface area contributed by atoms with Crippen molar-refractivity contribution >= 4 is 18.0 Å². The van der Waals surface area contributed by atoms with Crippen molar-refractivity contribution in [2.45, 2.75) is 58.8 Å². The third kappa shape index (κ3) is 4.36. The quantitative estimate of drug-likeness (QED) is 0.725. The lowest BCUT2D eigenvalue weighted by Crippen LogP contribution is -2.52. The van der Waals surface area contributed by atoms with Crippen molar-refractivity contribution in [3.63, 3.8) is 0 Å². The summed E-state index contributed by atoms with van der Waals surface area (Å²) in [5.41, 5.74) is -0.745. The fraction of sp³-hybridized carbons (Fsp3) is 0.643. The van der Waals surface area contributed by atoms with Gasteiger partial charge in [0, 0.05) is 0 Å². The molecule has 1 aliphatic rings. The summed E-state index contributed by atoms with van der Waals surface area (Å²) in [6.45, 7) is 8.48. The van der Waals surface area contributed by atoms with Gasteiger partial charge in [-0.25, -0.2) is 14.5 Å². The maximum atomic E-state index is 12.1. The highest BCUT2D eigenvalue weighted by Gasteiger charge is 2.39. The second-order valence-electron chi connectivity index (χ2n) is 5.83. The van der Waals surface area contributed by atoms with Crippen molar-refractivity contribution in [3.05, 3.63) is 12.2 Å². The van der Waals surface area contributed by atoms with Gasteiger partial charge < -0.3 is 9.47 Å². The molecule has 1 atom stereocenters. The molecule has 0 N–H and O–H groups in total. The summed E-state index contributed by atoms with van der Waals surface area (Å²) in [4.78, 5) is 36.7. The van der Waals surface area contributed by atoms with Gasteiger partial charge in [-0.05, 0) is 47.1 Å². The third-order valence-electron chi connectivity index (χ3n) is 2.38. The standard InChI is InChI=1S/C14H21NO5/c1-9(2)19-12(17)10-7-6-8-11(16)15(10)13(18)20-14(3,4)5/h6,8-10H,7H2,1-5H3. The molecule has 6 nitrogen and oxygen atoms in total. The number of ether oxygens (including phenoxy) is 2. The Balaban J connectivity index is 2.92. The first kappa shape index (κ1) is 16.2. The zero-order valence-corrected chi connectivity index (χ0v) is 12.5. The molecule has 6 heteroatoms. The van der Waals surface area contributed by atoms with Gasteiger partial charge in [-0.15, -0.1) is 0 Å². The van der Waals surface area contributed by atoms with Crippen LogP contribution in [0.3, 0.4) is 0 Å². The van der Waals surface area contributed by atoms with Gasteiger partial charge in [-0.1, -0.05) is 6.08 Å². The van der Waals surface area contributed by atoms with Gasteiger partial charge >= 0.3 is 12.1 Å². The summed E-state index contributed by atoms with van der Waals surface area (Å²) >= 11 is 0. The summed E-state index contributed by atoms with van der Waals surface area (Å²) in [6, 6.07) is -0.968. The van der Waals surface area contributed by atoms with E-state index >= 15 is 0 Å². The lowest BCUT2D eigenvalue weighted by molar-refractivity contribution is -0.157. The van der Waals surface area contributed by atoms with Crippen LogP contribution in [-0.4, -0.2) is 40.6 Å². The van der Waals surface area contributed by atoms with Crippen LogP contribution in [0.15, 0.2) is 12.2 Å². The Kier molecular flexibility index (Phi) is 4.92. The van der Waals surface area contributed by atoms with Crippen LogP contribution in [0, 0.1) is 0 Å². The first-order valence-corrected chi connectivity index (χ1v) is 6.55. The number of rotatable bonds is 2. The van der Waals surface area contributed by atoms with Crippen molar-refractivity contribution in [1.82, 2.24) is 4.90 Å². The Bertz CT molecular complexity index is 433. The van der Waals surface area contributed by atoms with Gasteiger partial charge in [0.05, 0.1) is 6.10 Å². The SMILES string of the molecule is CC(C)OC(=O)C1CC=CC(=O)N1C(=O)OC(C)(C)C. The number of hydrogen-bond donors (Lipinski definition) is 0. The number of carbonyl (C=O) groups is 3. The Morgan fingerprint density at radius 1 is 1.35 bits per heavy atom. The molecule has 0 bridgehead atoms. The van der Waals surface area contributed by atoms with Crippen LogP contribution < -0.4 is 0 Å². The van der Waals surface area contributed by atoms with Crippen LogP contribution in [0.2, 0.25) is 0 Å². The molecule has 2 amide bonds. The zero-order chi connectivity index (χ0) is 15.5. The number of imide groups is 1. The highest BCUT2D eigenvalue weighted by atomic mass is 16.6. The van der Waals surface area contributed by atoms with Crippen LogP contribution in [0.4, 0.5) is 4.79 Å². The van der Waals surface area contributed by atoms with Gasteiger partial charge in [-0.2, -0.15) is 0 Å². The molecule has 0 spiro atoms. The van der Waals surface area contributed by atoms with E-state index in [0.717, 1.165) is 4.90 Å². The molecule has 0 radical (unpaired) electrons. The van der Waals surface area contributed by atoms with Crippen molar-refractivity contribution in [2.24, 2.45) is 0 Å². The van der Waals surface area contributed by atoms with Gasteiger partial charge in [0.2, 0.25) is 0 Å². The van der Waals surface area contributed by atoms with Gasteiger partial charge in [0.15, 0.2) is 0 Å². The summed E-state index contributed by atoms with van der Waals surface area (Å²) in [7, 11) is 0. The maximum absolute atomic E-state index is 12.1. The second-order valence-corrected chi connectivity index (χ2v) is 5.83. The van der Waals surface area contributed by atoms with Crippen molar-refractivity contribution in [2.75, 3.05) is 0 Å². The molecule has 1 unspecified atom stereocenters. The highest BCUT2D eigenvalue weighted by Crippen LogP contribution is 2.19. The van der Waals surface area contributed by atoms with Crippen molar-refractivity contribution in [1.29, 1.82) is 0 Å². The van der Waals surface area contributed by atoms with Gasteiger partial charge in [0.25, 0.3) is 5.91 Å². The number of hydrogen-bond acceptors (Lipinski definition) is 5. The number of esters is 1. The molecular weight excluding hydrogens is 262 g/mol. The maximum Gasteiger partial charge on any atom is 0.418 e. The van der Waals surface area contributed by atoms with Crippen LogP contribution in [0.25, 0.3) is 0 Å². The van der Waals surface area contributed by atoms with E-state index in [2.05, 4.69) is 0 Å². The van der Waals surface area contributed by atoms with E-state index in [1.807, 2.05) is 0 Å².